The highest BCUT2D eigenvalue weighted by Gasteiger charge is 2.23. The van der Waals surface area contributed by atoms with E-state index in [1.165, 1.54) is 18.6 Å². The fourth-order valence-corrected chi connectivity index (χ4v) is 3.98. The Morgan fingerprint density at radius 1 is 1.00 bits per heavy atom. The monoisotopic (exact) mass is 373 g/mol. The van der Waals surface area contributed by atoms with Crippen LogP contribution in [0.25, 0.3) is 0 Å². The Labute approximate surface area is 160 Å². The van der Waals surface area contributed by atoms with Crippen LogP contribution in [0.15, 0.2) is 36.5 Å². The molecule has 0 amide bonds. The maximum Gasteiger partial charge on any atom is 0.150 e. The predicted octanol–water partition coefficient (Wildman–Crippen LogP) is 3.90. The molecule has 5 nitrogen and oxygen atoms in total. The van der Waals surface area contributed by atoms with Crippen molar-refractivity contribution in [2.75, 3.05) is 19.8 Å². The fourth-order valence-electron chi connectivity index (χ4n) is 3.98. The van der Waals surface area contributed by atoms with Gasteiger partial charge in [-0.15, -0.1) is 0 Å². The van der Waals surface area contributed by atoms with Crippen molar-refractivity contribution in [1.29, 1.82) is 0 Å². The van der Waals surface area contributed by atoms with Crippen molar-refractivity contribution in [3.63, 3.8) is 0 Å². The summed E-state index contributed by atoms with van der Waals surface area (Å²) < 4.78 is 27.1. The van der Waals surface area contributed by atoms with Gasteiger partial charge < -0.3 is 9.47 Å². The lowest BCUT2D eigenvalue weighted by Gasteiger charge is -2.28. The van der Waals surface area contributed by atoms with Gasteiger partial charge in [0.05, 0.1) is 11.8 Å². The molecule has 146 valence electrons. The van der Waals surface area contributed by atoms with E-state index in [0.717, 1.165) is 69.8 Å². The van der Waals surface area contributed by atoms with E-state index >= 15 is 0 Å². The van der Waals surface area contributed by atoms with Gasteiger partial charge in [-0.1, -0.05) is 12.1 Å². The Balaban J connectivity index is 1.48. The van der Waals surface area contributed by atoms with Crippen LogP contribution in [-0.4, -0.2) is 40.5 Å². The molecule has 2 aromatic rings. The molecule has 27 heavy (non-hydrogen) atoms. The first-order valence-corrected chi connectivity index (χ1v) is 10.0. The van der Waals surface area contributed by atoms with Crippen LogP contribution >= 0.6 is 0 Å². The maximum absolute atomic E-state index is 13.3. The van der Waals surface area contributed by atoms with Gasteiger partial charge in [-0.3, -0.25) is 4.90 Å². The molecule has 6 heteroatoms. The van der Waals surface area contributed by atoms with Crippen LogP contribution in [0.1, 0.15) is 49.6 Å². The summed E-state index contributed by atoms with van der Waals surface area (Å²) >= 11 is 0. The molecule has 2 fully saturated rings. The fraction of sp³-hybridized carbons (Fsp3) is 0.571. The third-order valence-corrected chi connectivity index (χ3v) is 5.37. The zero-order valence-corrected chi connectivity index (χ0v) is 15.7. The van der Waals surface area contributed by atoms with Gasteiger partial charge in [-0.25, -0.2) is 9.07 Å². The first-order valence-electron chi connectivity index (χ1n) is 10.0. The lowest BCUT2D eigenvalue weighted by molar-refractivity contribution is -0.0424. The van der Waals surface area contributed by atoms with Crippen LogP contribution in [0.4, 0.5) is 4.39 Å². The van der Waals surface area contributed by atoms with Crippen molar-refractivity contribution in [3.05, 3.63) is 53.6 Å². The number of hydrogen-bond donors (Lipinski definition) is 0. The molecule has 0 aliphatic carbocycles. The Hall–Kier alpha value is -1.76. The Kier molecular flexibility index (Phi) is 6.17. The topological polar surface area (TPSA) is 39.5 Å². The second-order valence-electron chi connectivity index (χ2n) is 7.52. The number of benzene rings is 1. The molecule has 0 spiro atoms. The summed E-state index contributed by atoms with van der Waals surface area (Å²) in [4.78, 5) is 2.37. The van der Waals surface area contributed by atoms with Crippen LogP contribution in [0.2, 0.25) is 0 Å². The summed E-state index contributed by atoms with van der Waals surface area (Å²) in [6, 6.07) is 8.85. The molecule has 2 aliphatic heterocycles. The normalized spacial score (nSPS) is 23.2. The van der Waals surface area contributed by atoms with E-state index in [-0.39, 0.29) is 18.1 Å². The summed E-state index contributed by atoms with van der Waals surface area (Å²) in [6.07, 6.45) is 7.72. The molecule has 4 rings (SSSR count). The van der Waals surface area contributed by atoms with Crippen LogP contribution in [-0.2, 0) is 22.6 Å². The highest BCUT2D eigenvalue weighted by molar-refractivity contribution is 5.16. The van der Waals surface area contributed by atoms with Crippen LogP contribution in [0, 0.1) is 5.82 Å². The zero-order chi connectivity index (χ0) is 18.5. The average Bonchev–Trinajstić information content (AvgIpc) is 3.36. The van der Waals surface area contributed by atoms with Crippen LogP contribution in [0.3, 0.4) is 0 Å². The molecule has 0 radical (unpaired) electrons. The number of ether oxygens (including phenoxy) is 2. The summed E-state index contributed by atoms with van der Waals surface area (Å²) in [5.74, 6) is -0.197. The van der Waals surface area contributed by atoms with Gasteiger partial charge in [0.15, 0.2) is 6.23 Å². The minimum absolute atomic E-state index is 0.0409. The van der Waals surface area contributed by atoms with Crippen molar-refractivity contribution in [3.8, 4) is 0 Å². The summed E-state index contributed by atoms with van der Waals surface area (Å²) in [7, 11) is 0. The molecule has 0 saturated carbocycles. The Morgan fingerprint density at radius 2 is 1.85 bits per heavy atom. The van der Waals surface area contributed by atoms with E-state index in [0.29, 0.717) is 0 Å². The Bertz CT molecular complexity index is 706. The highest BCUT2D eigenvalue weighted by Crippen LogP contribution is 2.24. The van der Waals surface area contributed by atoms with Gasteiger partial charge in [0, 0.05) is 39.0 Å². The molecular formula is C21H28FN3O2. The highest BCUT2D eigenvalue weighted by atomic mass is 19.1. The first-order chi connectivity index (χ1) is 13.3. The molecule has 2 atom stereocenters. The first kappa shape index (κ1) is 18.6. The molecule has 3 heterocycles. The van der Waals surface area contributed by atoms with Gasteiger partial charge in [0.1, 0.15) is 5.82 Å². The van der Waals surface area contributed by atoms with Crippen molar-refractivity contribution < 1.29 is 13.9 Å². The summed E-state index contributed by atoms with van der Waals surface area (Å²) in [5, 5.41) is 4.53. The quantitative estimate of drug-likeness (QED) is 0.738. The van der Waals surface area contributed by atoms with E-state index in [2.05, 4.69) is 16.1 Å². The van der Waals surface area contributed by atoms with Gasteiger partial charge in [0.2, 0.25) is 0 Å². The number of rotatable bonds is 7. The van der Waals surface area contributed by atoms with Gasteiger partial charge in [-0.05, 0) is 55.9 Å². The SMILES string of the molecule is Fc1ccc(CN(Cc2ccnn2[C@H]2CCCCO2)C[C@H]2CCCO2)cc1. The Morgan fingerprint density at radius 3 is 2.59 bits per heavy atom. The summed E-state index contributed by atoms with van der Waals surface area (Å²) in [6.45, 7) is 4.06. The van der Waals surface area contributed by atoms with Crippen LogP contribution in [0.5, 0.6) is 0 Å². The van der Waals surface area contributed by atoms with E-state index in [1.807, 2.05) is 23.0 Å². The third kappa shape index (κ3) is 4.94. The lowest BCUT2D eigenvalue weighted by atomic mass is 10.1. The molecule has 2 saturated heterocycles. The van der Waals surface area contributed by atoms with Crippen molar-refractivity contribution in [2.45, 2.75) is 57.5 Å². The lowest BCUT2D eigenvalue weighted by Crippen LogP contribution is -2.33. The van der Waals surface area contributed by atoms with E-state index < -0.39 is 0 Å². The van der Waals surface area contributed by atoms with Crippen molar-refractivity contribution in [2.24, 2.45) is 0 Å². The van der Waals surface area contributed by atoms with Crippen molar-refractivity contribution in [1.82, 2.24) is 14.7 Å². The van der Waals surface area contributed by atoms with E-state index in [4.69, 9.17) is 9.47 Å². The van der Waals surface area contributed by atoms with Crippen molar-refractivity contribution >= 4 is 0 Å². The standard InChI is InChI=1S/C21H28FN3O2/c22-18-8-6-17(7-9-18)14-24(16-20-4-3-13-26-20)15-19-10-11-23-25(19)21-5-1-2-12-27-21/h6-11,20-21H,1-5,12-16H2/t20-,21-/m1/s1. The smallest absolute Gasteiger partial charge is 0.150 e. The molecule has 2 aliphatic rings. The second kappa shape index (κ2) is 8.95. The molecular weight excluding hydrogens is 345 g/mol. The van der Waals surface area contributed by atoms with E-state index in [9.17, 15) is 4.39 Å². The molecule has 0 N–H and O–H groups in total. The third-order valence-electron chi connectivity index (χ3n) is 5.37. The number of halogens is 1. The number of hydrogen-bond acceptors (Lipinski definition) is 4. The second-order valence-corrected chi connectivity index (χ2v) is 7.52. The molecule has 1 aromatic heterocycles. The summed E-state index contributed by atoms with van der Waals surface area (Å²) in [5.41, 5.74) is 2.26. The largest absolute Gasteiger partial charge is 0.377 e. The van der Waals surface area contributed by atoms with Gasteiger partial charge in [-0.2, -0.15) is 5.10 Å². The molecule has 1 aromatic carbocycles. The van der Waals surface area contributed by atoms with Gasteiger partial charge in [0.25, 0.3) is 0 Å². The predicted molar refractivity (Wildman–Crippen MR) is 101 cm³/mol. The number of aromatic nitrogens is 2. The van der Waals surface area contributed by atoms with E-state index in [1.54, 1.807) is 0 Å². The molecule has 0 unspecified atom stereocenters. The van der Waals surface area contributed by atoms with Gasteiger partial charge >= 0.3 is 0 Å². The zero-order valence-electron chi connectivity index (χ0n) is 15.7. The minimum Gasteiger partial charge on any atom is -0.377 e. The molecule has 0 bridgehead atoms. The average molecular weight is 373 g/mol. The minimum atomic E-state index is -0.197. The maximum atomic E-state index is 13.3. The van der Waals surface area contributed by atoms with Crippen LogP contribution < -0.4 is 0 Å². The number of nitrogens with zero attached hydrogens (tertiary/aromatic N) is 3.